The Bertz CT molecular complexity index is 773. The van der Waals surface area contributed by atoms with Crippen LogP contribution in [0.25, 0.3) is 10.8 Å². The maximum atomic E-state index is 13.4. The first-order valence-corrected chi connectivity index (χ1v) is 10.2. The molecule has 144 valence electrons. The van der Waals surface area contributed by atoms with E-state index in [4.69, 9.17) is 0 Å². The number of nitrogens with zero attached hydrogens (tertiary/aromatic N) is 3. The van der Waals surface area contributed by atoms with E-state index < -0.39 is 0 Å². The number of urea groups is 1. The molecule has 2 aromatic rings. The summed E-state index contributed by atoms with van der Waals surface area (Å²) in [6.07, 6.45) is 5.94. The van der Waals surface area contributed by atoms with Gasteiger partial charge in [0, 0.05) is 31.6 Å². The van der Waals surface area contributed by atoms with Crippen molar-refractivity contribution in [3.05, 3.63) is 42.5 Å². The van der Waals surface area contributed by atoms with Crippen molar-refractivity contribution in [2.45, 2.75) is 38.1 Å². The zero-order valence-electron chi connectivity index (χ0n) is 16.2. The number of hydrogen-bond acceptors (Lipinski definition) is 3. The molecule has 1 saturated carbocycles. The molecule has 1 saturated heterocycles. The van der Waals surface area contributed by atoms with E-state index in [1.165, 1.54) is 19.3 Å². The van der Waals surface area contributed by atoms with Crippen molar-refractivity contribution in [3.63, 3.8) is 0 Å². The molecule has 0 bridgehead atoms. The quantitative estimate of drug-likeness (QED) is 0.886. The lowest BCUT2D eigenvalue weighted by atomic mass is 9.95. The van der Waals surface area contributed by atoms with E-state index in [-0.39, 0.29) is 6.03 Å². The molecule has 1 heterocycles. The van der Waals surface area contributed by atoms with Gasteiger partial charge in [0.25, 0.3) is 0 Å². The molecular weight excluding hydrogens is 336 g/mol. The fraction of sp³-hybridized carbons (Fsp3) is 0.500. The predicted octanol–water partition coefficient (Wildman–Crippen LogP) is 4.17. The average molecular weight is 367 g/mol. The topological polar surface area (TPSA) is 38.8 Å². The van der Waals surface area contributed by atoms with Gasteiger partial charge < -0.3 is 10.2 Å². The highest BCUT2D eigenvalue weighted by atomic mass is 16.2. The highest BCUT2D eigenvalue weighted by molar-refractivity contribution is 6.01. The average Bonchev–Trinajstić information content (AvgIpc) is 2.71. The molecule has 5 nitrogen and oxygen atoms in total. The fourth-order valence-electron chi connectivity index (χ4n) is 4.37. The Morgan fingerprint density at radius 1 is 0.963 bits per heavy atom. The van der Waals surface area contributed by atoms with Crippen LogP contribution in [0.4, 0.5) is 10.5 Å². The SMILES string of the molecule is CN1CCN(N(C(=O)Nc2cccc3ccccc23)C2CCCCC2)CC1. The molecule has 2 aromatic carbocycles. The number of hydrogen-bond donors (Lipinski definition) is 1. The number of carbonyl (C=O) groups is 1. The van der Waals surface area contributed by atoms with Gasteiger partial charge in [0.05, 0.1) is 11.7 Å². The maximum Gasteiger partial charge on any atom is 0.336 e. The summed E-state index contributed by atoms with van der Waals surface area (Å²) >= 11 is 0. The standard InChI is InChI=1S/C22H30N4O/c1-24-14-16-25(17-15-24)26(19-10-3-2-4-11-19)22(27)23-21-13-7-9-18-8-5-6-12-20(18)21/h5-9,12-13,19H,2-4,10-11,14-17H2,1H3,(H,23,27). The third-order valence-corrected chi connectivity index (χ3v) is 5.94. The number of fused-ring (bicyclic) bond motifs is 1. The molecule has 2 amide bonds. The van der Waals surface area contributed by atoms with E-state index in [0.717, 1.165) is 55.5 Å². The van der Waals surface area contributed by atoms with Gasteiger partial charge in [0.1, 0.15) is 0 Å². The number of carbonyl (C=O) groups excluding carboxylic acids is 1. The Kier molecular flexibility index (Phi) is 5.60. The summed E-state index contributed by atoms with van der Waals surface area (Å²) in [5.74, 6) is 0. The van der Waals surface area contributed by atoms with E-state index in [1.807, 2.05) is 29.3 Å². The molecule has 2 aliphatic rings. The lowest BCUT2D eigenvalue weighted by molar-refractivity contribution is -0.0501. The molecule has 4 rings (SSSR count). The molecule has 0 unspecified atom stereocenters. The van der Waals surface area contributed by atoms with Crippen molar-refractivity contribution in [2.24, 2.45) is 0 Å². The van der Waals surface area contributed by atoms with Gasteiger partial charge in [0.2, 0.25) is 0 Å². The van der Waals surface area contributed by atoms with Crippen molar-refractivity contribution in [1.29, 1.82) is 0 Å². The zero-order valence-corrected chi connectivity index (χ0v) is 16.2. The second-order valence-electron chi connectivity index (χ2n) is 7.85. The van der Waals surface area contributed by atoms with Gasteiger partial charge >= 0.3 is 6.03 Å². The summed E-state index contributed by atoms with van der Waals surface area (Å²) in [7, 11) is 2.15. The molecule has 0 atom stereocenters. The Balaban J connectivity index is 1.57. The number of benzene rings is 2. The van der Waals surface area contributed by atoms with E-state index in [9.17, 15) is 4.79 Å². The van der Waals surface area contributed by atoms with Gasteiger partial charge in [-0.05, 0) is 31.3 Å². The Labute approximate surface area is 161 Å². The van der Waals surface area contributed by atoms with E-state index >= 15 is 0 Å². The highest BCUT2D eigenvalue weighted by Crippen LogP contribution is 2.27. The summed E-state index contributed by atoms with van der Waals surface area (Å²) in [4.78, 5) is 15.7. The van der Waals surface area contributed by atoms with Crippen molar-refractivity contribution in [1.82, 2.24) is 14.9 Å². The third-order valence-electron chi connectivity index (χ3n) is 5.94. The van der Waals surface area contributed by atoms with E-state index in [2.05, 4.69) is 40.5 Å². The van der Waals surface area contributed by atoms with Crippen molar-refractivity contribution >= 4 is 22.5 Å². The number of hydrazine groups is 1. The van der Waals surface area contributed by atoms with Gasteiger partial charge in [-0.2, -0.15) is 0 Å². The molecule has 1 aliphatic heterocycles. The molecular formula is C22H30N4O. The third kappa shape index (κ3) is 4.09. The number of rotatable bonds is 3. The van der Waals surface area contributed by atoms with Crippen LogP contribution in [-0.2, 0) is 0 Å². The molecule has 1 N–H and O–H groups in total. The molecule has 2 fully saturated rings. The van der Waals surface area contributed by atoms with Gasteiger partial charge in [-0.25, -0.2) is 9.80 Å². The second-order valence-corrected chi connectivity index (χ2v) is 7.85. The number of piperazine rings is 1. The molecule has 27 heavy (non-hydrogen) atoms. The van der Waals surface area contributed by atoms with Gasteiger partial charge in [-0.15, -0.1) is 0 Å². The largest absolute Gasteiger partial charge is 0.336 e. The van der Waals surface area contributed by atoms with Crippen LogP contribution in [-0.4, -0.2) is 60.2 Å². The van der Waals surface area contributed by atoms with Crippen LogP contribution in [0.3, 0.4) is 0 Å². The monoisotopic (exact) mass is 366 g/mol. The van der Waals surface area contributed by atoms with Crippen LogP contribution >= 0.6 is 0 Å². The molecule has 5 heteroatoms. The zero-order chi connectivity index (χ0) is 18.6. The summed E-state index contributed by atoms with van der Waals surface area (Å²) < 4.78 is 0. The maximum absolute atomic E-state index is 13.4. The number of amides is 2. The fourth-order valence-corrected chi connectivity index (χ4v) is 4.37. The van der Waals surface area contributed by atoms with Crippen LogP contribution in [0, 0.1) is 0 Å². The van der Waals surface area contributed by atoms with Crippen LogP contribution in [0.5, 0.6) is 0 Å². The molecule has 0 aromatic heterocycles. The summed E-state index contributed by atoms with van der Waals surface area (Å²) in [6.45, 7) is 3.83. The number of anilines is 1. The van der Waals surface area contributed by atoms with Crippen molar-refractivity contribution in [3.8, 4) is 0 Å². The van der Waals surface area contributed by atoms with Crippen LogP contribution in [0.1, 0.15) is 32.1 Å². The smallest absolute Gasteiger partial charge is 0.306 e. The Hall–Kier alpha value is -2.11. The van der Waals surface area contributed by atoms with Gasteiger partial charge in [-0.3, -0.25) is 5.01 Å². The first kappa shape index (κ1) is 18.3. The van der Waals surface area contributed by atoms with E-state index in [0.29, 0.717) is 6.04 Å². The second kappa shape index (κ2) is 8.28. The molecule has 0 spiro atoms. The first-order chi connectivity index (χ1) is 13.2. The van der Waals surface area contributed by atoms with Gasteiger partial charge in [-0.1, -0.05) is 55.7 Å². The number of nitrogens with one attached hydrogen (secondary N) is 1. The first-order valence-electron chi connectivity index (χ1n) is 10.2. The minimum absolute atomic E-state index is 0.0165. The van der Waals surface area contributed by atoms with Crippen molar-refractivity contribution in [2.75, 3.05) is 38.5 Å². The highest BCUT2D eigenvalue weighted by Gasteiger charge is 2.32. The Morgan fingerprint density at radius 2 is 1.67 bits per heavy atom. The Morgan fingerprint density at radius 3 is 2.44 bits per heavy atom. The number of likely N-dealkylation sites (N-methyl/N-ethyl adjacent to an activating group) is 1. The minimum Gasteiger partial charge on any atom is -0.306 e. The lowest BCUT2D eigenvalue weighted by Crippen LogP contribution is -2.59. The summed E-state index contributed by atoms with van der Waals surface area (Å²) in [5, 5.41) is 9.79. The molecule has 0 radical (unpaired) electrons. The minimum atomic E-state index is 0.0165. The molecule has 1 aliphatic carbocycles. The predicted molar refractivity (Wildman–Crippen MR) is 111 cm³/mol. The normalized spacial score (nSPS) is 19.9. The van der Waals surface area contributed by atoms with Crippen LogP contribution < -0.4 is 5.32 Å². The van der Waals surface area contributed by atoms with Crippen LogP contribution in [0.2, 0.25) is 0 Å². The van der Waals surface area contributed by atoms with Crippen LogP contribution in [0.15, 0.2) is 42.5 Å². The lowest BCUT2D eigenvalue weighted by Gasteiger charge is -2.44. The van der Waals surface area contributed by atoms with Gasteiger partial charge in [0.15, 0.2) is 0 Å². The summed E-state index contributed by atoms with van der Waals surface area (Å²) in [5.41, 5.74) is 0.896. The van der Waals surface area contributed by atoms with E-state index in [1.54, 1.807) is 0 Å². The summed E-state index contributed by atoms with van der Waals surface area (Å²) in [6, 6.07) is 14.7. The van der Waals surface area contributed by atoms with Crippen molar-refractivity contribution < 1.29 is 4.79 Å².